The van der Waals surface area contributed by atoms with Crippen molar-refractivity contribution in [2.45, 2.75) is 18.9 Å². The number of benzene rings is 2. The Morgan fingerprint density at radius 1 is 1.35 bits per heavy atom. The second-order valence-corrected chi connectivity index (χ2v) is 5.40. The molecule has 3 rings (SSSR count). The number of nitrogens with one attached hydrogen (secondary N) is 1. The van der Waals surface area contributed by atoms with Crippen LogP contribution < -0.4 is 5.32 Å². The van der Waals surface area contributed by atoms with Gasteiger partial charge in [-0.1, -0.05) is 24.3 Å². The fourth-order valence-electron chi connectivity index (χ4n) is 2.72. The normalized spacial score (nSPS) is 16.2. The molecule has 0 unspecified atom stereocenters. The molecule has 2 aromatic carbocycles. The molecule has 0 radical (unpaired) electrons. The van der Waals surface area contributed by atoms with Crippen LogP contribution in [-0.4, -0.2) is 17.6 Å². The number of fused-ring (bicyclic) bond motifs is 1. The first-order chi connectivity index (χ1) is 11.2. The van der Waals surface area contributed by atoms with Crippen molar-refractivity contribution in [3.63, 3.8) is 0 Å². The van der Waals surface area contributed by atoms with Crippen LogP contribution in [0.15, 0.2) is 42.5 Å². The molecular formula is C18H16N2O3. The van der Waals surface area contributed by atoms with Crippen LogP contribution in [0.4, 0.5) is 5.69 Å². The number of nitrogens with zero attached hydrogens (tertiary/aromatic N) is 1. The van der Waals surface area contributed by atoms with Gasteiger partial charge in [0.1, 0.15) is 5.75 Å². The Balaban J connectivity index is 1.73. The van der Waals surface area contributed by atoms with Gasteiger partial charge < -0.3 is 15.2 Å². The largest absolute Gasteiger partial charge is 0.506 e. The van der Waals surface area contributed by atoms with E-state index in [0.29, 0.717) is 12.2 Å². The van der Waals surface area contributed by atoms with Gasteiger partial charge in [-0.15, -0.1) is 0 Å². The monoisotopic (exact) mass is 308 g/mol. The van der Waals surface area contributed by atoms with Gasteiger partial charge in [0.05, 0.1) is 36.5 Å². The number of anilines is 1. The molecule has 1 aliphatic rings. The lowest BCUT2D eigenvalue weighted by atomic mass is 9.95. The van der Waals surface area contributed by atoms with Crippen molar-refractivity contribution in [2.75, 3.05) is 11.9 Å². The number of hydrogen-bond donors (Lipinski definition) is 2. The third-order valence-corrected chi connectivity index (χ3v) is 3.86. The van der Waals surface area contributed by atoms with Crippen LogP contribution in [0.1, 0.15) is 29.2 Å². The van der Waals surface area contributed by atoms with Crippen LogP contribution in [0.2, 0.25) is 0 Å². The molecule has 5 heteroatoms. The Bertz CT molecular complexity index is 780. The van der Waals surface area contributed by atoms with Crippen LogP contribution in [0.3, 0.4) is 0 Å². The van der Waals surface area contributed by atoms with Gasteiger partial charge in [-0.2, -0.15) is 5.26 Å². The second kappa shape index (κ2) is 6.51. The van der Waals surface area contributed by atoms with E-state index in [9.17, 15) is 9.90 Å². The molecule has 0 aliphatic carbocycles. The summed E-state index contributed by atoms with van der Waals surface area (Å²) in [4.78, 5) is 12.3. The third-order valence-electron chi connectivity index (χ3n) is 3.86. The van der Waals surface area contributed by atoms with Crippen molar-refractivity contribution in [1.29, 1.82) is 5.26 Å². The molecule has 0 saturated heterocycles. The molecule has 5 nitrogen and oxygen atoms in total. The lowest BCUT2D eigenvalue weighted by Crippen LogP contribution is -2.22. The van der Waals surface area contributed by atoms with Crippen molar-refractivity contribution in [1.82, 2.24) is 0 Å². The van der Waals surface area contributed by atoms with E-state index in [1.54, 1.807) is 0 Å². The molecule has 2 aromatic rings. The SMILES string of the molecule is N#Cc1ccc(O)c(NC(=O)C[C@H]2OCCc3ccccc32)c1. The number of carbonyl (C=O) groups is 1. The number of aromatic hydroxyl groups is 1. The van der Waals surface area contributed by atoms with Gasteiger partial charge in [-0.3, -0.25) is 4.79 Å². The topological polar surface area (TPSA) is 82.4 Å². The molecule has 0 aromatic heterocycles. The van der Waals surface area contributed by atoms with E-state index in [1.807, 2.05) is 30.3 Å². The molecule has 0 fully saturated rings. The predicted octanol–water partition coefficient (Wildman–Crippen LogP) is 2.91. The fourth-order valence-corrected chi connectivity index (χ4v) is 2.72. The number of nitriles is 1. The summed E-state index contributed by atoms with van der Waals surface area (Å²) in [6, 6.07) is 14.2. The summed E-state index contributed by atoms with van der Waals surface area (Å²) < 4.78 is 5.71. The van der Waals surface area contributed by atoms with E-state index in [2.05, 4.69) is 5.32 Å². The summed E-state index contributed by atoms with van der Waals surface area (Å²) in [5, 5.41) is 21.3. The van der Waals surface area contributed by atoms with E-state index >= 15 is 0 Å². The molecule has 1 atom stereocenters. The van der Waals surface area contributed by atoms with Crippen LogP contribution in [0.5, 0.6) is 5.75 Å². The van der Waals surface area contributed by atoms with Gasteiger partial charge in [0.25, 0.3) is 0 Å². The average Bonchev–Trinajstić information content (AvgIpc) is 2.57. The van der Waals surface area contributed by atoms with Crippen molar-refractivity contribution in [3.05, 3.63) is 59.2 Å². The highest BCUT2D eigenvalue weighted by molar-refractivity contribution is 5.92. The van der Waals surface area contributed by atoms with E-state index in [1.165, 1.54) is 23.8 Å². The van der Waals surface area contributed by atoms with Crippen molar-refractivity contribution >= 4 is 11.6 Å². The maximum absolute atomic E-state index is 12.3. The number of hydrogen-bond acceptors (Lipinski definition) is 4. The molecule has 23 heavy (non-hydrogen) atoms. The minimum Gasteiger partial charge on any atom is -0.506 e. The summed E-state index contributed by atoms with van der Waals surface area (Å²) in [5.41, 5.74) is 2.84. The van der Waals surface area contributed by atoms with Crippen molar-refractivity contribution < 1.29 is 14.6 Å². The number of phenols is 1. The highest BCUT2D eigenvalue weighted by atomic mass is 16.5. The lowest BCUT2D eigenvalue weighted by molar-refractivity contribution is -0.119. The molecule has 2 N–H and O–H groups in total. The molecule has 0 spiro atoms. The van der Waals surface area contributed by atoms with E-state index < -0.39 is 0 Å². The van der Waals surface area contributed by atoms with Crippen LogP contribution in [0.25, 0.3) is 0 Å². The molecule has 0 saturated carbocycles. The Labute approximate surface area is 134 Å². The van der Waals surface area contributed by atoms with Gasteiger partial charge in [0.2, 0.25) is 5.91 Å². The third kappa shape index (κ3) is 3.33. The van der Waals surface area contributed by atoms with Gasteiger partial charge in [-0.05, 0) is 35.7 Å². The summed E-state index contributed by atoms with van der Waals surface area (Å²) >= 11 is 0. The highest BCUT2D eigenvalue weighted by Crippen LogP contribution is 2.30. The zero-order valence-electron chi connectivity index (χ0n) is 12.5. The Kier molecular flexibility index (Phi) is 4.26. The summed E-state index contributed by atoms with van der Waals surface area (Å²) in [7, 11) is 0. The molecule has 116 valence electrons. The molecular weight excluding hydrogens is 292 g/mol. The van der Waals surface area contributed by atoms with Crippen molar-refractivity contribution in [2.24, 2.45) is 0 Å². The number of ether oxygens (including phenoxy) is 1. The van der Waals surface area contributed by atoms with E-state index in [0.717, 1.165) is 12.0 Å². The predicted molar refractivity (Wildman–Crippen MR) is 84.9 cm³/mol. The minimum absolute atomic E-state index is 0.0673. The minimum atomic E-state index is -0.291. The Morgan fingerprint density at radius 3 is 3.00 bits per heavy atom. The summed E-state index contributed by atoms with van der Waals surface area (Å²) in [6.07, 6.45) is 0.716. The lowest BCUT2D eigenvalue weighted by Gasteiger charge is -2.25. The molecule has 1 heterocycles. The first-order valence-corrected chi connectivity index (χ1v) is 7.40. The van der Waals surface area contributed by atoms with Crippen molar-refractivity contribution in [3.8, 4) is 11.8 Å². The van der Waals surface area contributed by atoms with Gasteiger partial charge in [0, 0.05) is 0 Å². The van der Waals surface area contributed by atoms with E-state index in [-0.39, 0.29) is 29.9 Å². The molecule has 1 aliphatic heterocycles. The van der Waals surface area contributed by atoms with Crippen LogP contribution >= 0.6 is 0 Å². The quantitative estimate of drug-likeness (QED) is 0.854. The van der Waals surface area contributed by atoms with Crippen LogP contribution in [-0.2, 0) is 16.0 Å². The number of phenolic OH excluding ortho intramolecular Hbond substituents is 1. The Morgan fingerprint density at radius 2 is 2.17 bits per heavy atom. The van der Waals surface area contributed by atoms with E-state index in [4.69, 9.17) is 10.00 Å². The summed E-state index contributed by atoms with van der Waals surface area (Å²) in [5.74, 6) is -0.334. The van der Waals surface area contributed by atoms with Gasteiger partial charge in [0.15, 0.2) is 0 Å². The standard InChI is InChI=1S/C18H16N2O3/c19-11-12-5-6-16(21)15(9-12)20-18(22)10-17-14-4-2-1-3-13(14)7-8-23-17/h1-6,9,17,21H,7-8,10H2,(H,20,22)/t17-/m1/s1. The summed E-state index contributed by atoms with van der Waals surface area (Å²) in [6.45, 7) is 0.587. The first-order valence-electron chi connectivity index (χ1n) is 7.40. The van der Waals surface area contributed by atoms with Gasteiger partial charge in [-0.25, -0.2) is 0 Å². The first kappa shape index (κ1) is 15.1. The number of amides is 1. The smallest absolute Gasteiger partial charge is 0.227 e. The highest BCUT2D eigenvalue weighted by Gasteiger charge is 2.23. The fraction of sp³-hybridized carbons (Fsp3) is 0.222. The number of carbonyl (C=O) groups excluding carboxylic acids is 1. The second-order valence-electron chi connectivity index (χ2n) is 5.40. The molecule has 0 bridgehead atoms. The number of rotatable bonds is 3. The zero-order chi connectivity index (χ0) is 16.2. The molecule has 1 amide bonds. The zero-order valence-corrected chi connectivity index (χ0v) is 12.5. The maximum atomic E-state index is 12.3. The van der Waals surface area contributed by atoms with Crippen LogP contribution in [0, 0.1) is 11.3 Å². The maximum Gasteiger partial charge on any atom is 0.227 e. The average molecular weight is 308 g/mol. The van der Waals surface area contributed by atoms with Gasteiger partial charge >= 0.3 is 0 Å². The Hall–Kier alpha value is -2.84.